The van der Waals surface area contributed by atoms with E-state index in [2.05, 4.69) is 15.3 Å². The van der Waals surface area contributed by atoms with Crippen LogP contribution in [0.1, 0.15) is 54.6 Å². The average Bonchev–Trinajstić information content (AvgIpc) is 3.59. The number of hydrogen-bond acceptors (Lipinski definition) is 5. The Balaban J connectivity index is 1.52. The Morgan fingerprint density at radius 1 is 1.18 bits per heavy atom. The largest absolute Gasteiger partial charge is 0.494 e. The highest BCUT2D eigenvalue weighted by Crippen LogP contribution is 2.40. The number of hydrogen-bond donors (Lipinski definition) is 3. The van der Waals surface area contributed by atoms with Crippen molar-refractivity contribution >= 4 is 16.9 Å². The molecule has 4 N–H and O–H groups in total. The number of methoxy groups -OCH3 is 1. The Bertz CT molecular complexity index is 1210. The molecule has 0 spiro atoms. The molecular formula is C26H31FN4O3. The fourth-order valence-corrected chi connectivity index (χ4v) is 4.74. The highest BCUT2D eigenvalue weighted by molar-refractivity contribution is 6.09. The number of nitrogens with two attached hydrogens (primary N) is 1. The first-order chi connectivity index (χ1) is 16.4. The molecule has 0 aliphatic heterocycles. The number of nitrogens with zero attached hydrogens (tertiary/aromatic N) is 1. The summed E-state index contributed by atoms with van der Waals surface area (Å²) in [5.74, 6) is 0.598. The van der Waals surface area contributed by atoms with E-state index < -0.39 is 5.82 Å². The zero-order chi connectivity index (χ0) is 23.8. The first-order valence-corrected chi connectivity index (χ1v) is 12.0. The number of carbonyl (C=O) groups is 1. The first kappa shape index (κ1) is 22.7. The average molecular weight is 467 g/mol. The Morgan fingerprint density at radius 2 is 1.94 bits per heavy atom. The van der Waals surface area contributed by atoms with Gasteiger partial charge in [0.05, 0.1) is 24.8 Å². The zero-order valence-electron chi connectivity index (χ0n) is 19.6. The van der Waals surface area contributed by atoms with E-state index in [1.54, 1.807) is 12.3 Å². The van der Waals surface area contributed by atoms with Gasteiger partial charge in [-0.05, 0) is 63.5 Å². The van der Waals surface area contributed by atoms with Crippen molar-refractivity contribution < 1.29 is 18.7 Å². The predicted octanol–water partition coefficient (Wildman–Crippen LogP) is 4.47. The van der Waals surface area contributed by atoms with Crippen molar-refractivity contribution in [2.24, 2.45) is 11.7 Å². The molecule has 8 heteroatoms. The van der Waals surface area contributed by atoms with Crippen molar-refractivity contribution in [1.29, 1.82) is 0 Å². The number of aromatic nitrogens is 2. The molecule has 3 aromatic rings. The van der Waals surface area contributed by atoms with Gasteiger partial charge < -0.3 is 25.5 Å². The molecule has 2 heterocycles. The van der Waals surface area contributed by atoms with Crippen LogP contribution in [0.5, 0.6) is 11.5 Å². The van der Waals surface area contributed by atoms with Crippen molar-refractivity contribution in [2.75, 3.05) is 13.7 Å². The van der Waals surface area contributed by atoms with Gasteiger partial charge in [0, 0.05) is 41.2 Å². The summed E-state index contributed by atoms with van der Waals surface area (Å²) in [6, 6.07) is 5.16. The van der Waals surface area contributed by atoms with Gasteiger partial charge in [-0.15, -0.1) is 0 Å². The number of aryl methyl sites for hydroxylation is 1. The molecule has 2 saturated carbocycles. The van der Waals surface area contributed by atoms with E-state index in [1.165, 1.54) is 13.2 Å². The van der Waals surface area contributed by atoms with Crippen molar-refractivity contribution in [3.8, 4) is 22.6 Å². The van der Waals surface area contributed by atoms with Crippen molar-refractivity contribution in [3.05, 3.63) is 41.5 Å². The Labute approximate surface area is 198 Å². The lowest BCUT2D eigenvalue weighted by Gasteiger charge is -2.26. The molecule has 1 aromatic carbocycles. The number of halogens is 1. The van der Waals surface area contributed by atoms with Gasteiger partial charge in [-0.25, -0.2) is 4.39 Å². The fraction of sp³-hybridized carbons (Fsp3) is 0.462. The standard InChI is InChI=1S/C26H31FN4O3/c1-14-23(26(32)31-17-7-5-16(28)6-8-17)25-24(30-14)18(9-10-29-25)19-11-20(27)22(33-2)12-21(19)34-13-15-3-4-15/h9-12,15-17,30H,3-8,13,28H2,1-2H3,(H,31,32). The van der Waals surface area contributed by atoms with E-state index in [0.29, 0.717) is 40.4 Å². The lowest BCUT2D eigenvalue weighted by Crippen LogP contribution is -2.40. The molecule has 0 radical (unpaired) electrons. The number of H-pyrrole nitrogens is 1. The maximum atomic E-state index is 14.7. The minimum absolute atomic E-state index is 0.109. The van der Waals surface area contributed by atoms with Crippen LogP contribution in [-0.4, -0.2) is 41.7 Å². The van der Waals surface area contributed by atoms with Gasteiger partial charge >= 0.3 is 0 Å². The minimum atomic E-state index is -0.474. The molecule has 7 nitrogen and oxygen atoms in total. The summed E-state index contributed by atoms with van der Waals surface area (Å²) in [5, 5.41) is 3.15. The quantitative estimate of drug-likeness (QED) is 0.477. The Hall–Kier alpha value is -3.13. The van der Waals surface area contributed by atoms with Gasteiger partial charge in [0.15, 0.2) is 11.6 Å². The second-order valence-corrected chi connectivity index (χ2v) is 9.53. The van der Waals surface area contributed by atoms with Crippen LogP contribution in [0.15, 0.2) is 24.4 Å². The Morgan fingerprint density at radius 3 is 2.65 bits per heavy atom. The molecule has 2 aromatic heterocycles. The molecular weight excluding hydrogens is 435 g/mol. The normalized spacial score (nSPS) is 20.4. The van der Waals surface area contributed by atoms with Crippen LogP contribution in [-0.2, 0) is 0 Å². The molecule has 0 atom stereocenters. The topological polar surface area (TPSA) is 102 Å². The lowest BCUT2D eigenvalue weighted by molar-refractivity contribution is 0.0927. The van der Waals surface area contributed by atoms with E-state index in [9.17, 15) is 9.18 Å². The third-order valence-electron chi connectivity index (χ3n) is 6.93. The number of nitrogens with one attached hydrogen (secondary N) is 2. The van der Waals surface area contributed by atoms with Crippen molar-refractivity contribution in [2.45, 2.75) is 57.5 Å². The van der Waals surface area contributed by atoms with Crippen LogP contribution >= 0.6 is 0 Å². The second kappa shape index (κ2) is 9.25. The minimum Gasteiger partial charge on any atom is -0.494 e. The summed E-state index contributed by atoms with van der Waals surface area (Å²) in [5.41, 5.74) is 9.79. The summed E-state index contributed by atoms with van der Waals surface area (Å²) in [6.07, 6.45) is 7.51. The van der Waals surface area contributed by atoms with Gasteiger partial charge in [0.25, 0.3) is 5.91 Å². The number of carbonyl (C=O) groups excluding carboxylic acids is 1. The number of amides is 1. The maximum Gasteiger partial charge on any atom is 0.255 e. The molecule has 2 aliphatic rings. The number of benzene rings is 1. The number of aromatic amines is 1. The fourth-order valence-electron chi connectivity index (χ4n) is 4.74. The van der Waals surface area contributed by atoms with Crippen LogP contribution in [0, 0.1) is 18.7 Å². The number of ether oxygens (including phenoxy) is 2. The molecule has 0 saturated heterocycles. The molecule has 34 heavy (non-hydrogen) atoms. The molecule has 180 valence electrons. The van der Waals surface area contributed by atoms with E-state index in [0.717, 1.165) is 49.8 Å². The van der Waals surface area contributed by atoms with Crippen LogP contribution in [0.4, 0.5) is 4.39 Å². The monoisotopic (exact) mass is 466 g/mol. The molecule has 5 rings (SSSR count). The van der Waals surface area contributed by atoms with Crippen LogP contribution < -0.4 is 20.5 Å². The second-order valence-electron chi connectivity index (χ2n) is 9.53. The molecule has 0 unspecified atom stereocenters. The maximum absolute atomic E-state index is 14.7. The number of rotatable bonds is 7. The molecule has 2 aliphatic carbocycles. The number of pyridine rings is 1. The van der Waals surface area contributed by atoms with E-state index in [-0.39, 0.29) is 23.7 Å². The Kier molecular flexibility index (Phi) is 6.16. The first-order valence-electron chi connectivity index (χ1n) is 12.0. The van der Waals surface area contributed by atoms with Crippen LogP contribution in [0.25, 0.3) is 22.2 Å². The van der Waals surface area contributed by atoms with Gasteiger partial charge in [-0.2, -0.15) is 0 Å². The van der Waals surface area contributed by atoms with Crippen LogP contribution in [0.3, 0.4) is 0 Å². The van der Waals surface area contributed by atoms with Gasteiger partial charge in [0.1, 0.15) is 11.3 Å². The van der Waals surface area contributed by atoms with Crippen molar-refractivity contribution in [1.82, 2.24) is 15.3 Å². The summed E-state index contributed by atoms with van der Waals surface area (Å²) >= 11 is 0. The smallest absolute Gasteiger partial charge is 0.255 e. The van der Waals surface area contributed by atoms with Gasteiger partial charge in [0.2, 0.25) is 0 Å². The summed E-state index contributed by atoms with van der Waals surface area (Å²) in [6.45, 7) is 2.44. The summed E-state index contributed by atoms with van der Waals surface area (Å²) in [4.78, 5) is 21.1. The summed E-state index contributed by atoms with van der Waals surface area (Å²) in [7, 11) is 1.44. The molecule has 1 amide bonds. The predicted molar refractivity (Wildman–Crippen MR) is 129 cm³/mol. The van der Waals surface area contributed by atoms with Crippen molar-refractivity contribution in [3.63, 3.8) is 0 Å². The molecule has 2 fully saturated rings. The lowest BCUT2D eigenvalue weighted by atomic mass is 9.91. The highest BCUT2D eigenvalue weighted by atomic mass is 19.1. The van der Waals surface area contributed by atoms with Crippen LogP contribution in [0.2, 0.25) is 0 Å². The van der Waals surface area contributed by atoms with E-state index in [4.69, 9.17) is 15.2 Å². The SMILES string of the molecule is COc1cc(OCC2CC2)c(-c2ccnc3c(C(=O)NC4CCC(N)CC4)c(C)[nH]c23)cc1F. The van der Waals surface area contributed by atoms with Gasteiger partial charge in [-0.1, -0.05) is 0 Å². The zero-order valence-corrected chi connectivity index (χ0v) is 19.6. The summed E-state index contributed by atoms with van der Waals surface area (Å²) < 4.78 is 26.0. The van der Waals surface area contributed by atoms with Gasteiger partial charge in [-0.3, -0.25) is 9.78 Å². The van der Waals surface area contributed by atoms with E-state index in [1.807, 2.05) is 13.0 Å². The molecule has 0 bridgehead atoms. The number of fused-ring (bicyclic) bond motifs is 1. The third kappa shape index (κ3) is 4.46. The van der Waals surface area contributed by atoms with E-state index >= 15 is 0 Å². The third-order valence-corrected chi connectivity index (χ3v) is 6.93. The highest BCUT2D eigenvalue weighted by Gasteiger charge is 2.26.